The van der Waals surface area contributed by atoms with Crippen LogP contribution in [0, 0.1) is 0 Å². The number of rotatable bonds is 4. The third-order valence-corrected chi connectivity index (χ3v) is 2.65. The molecule has 0 atom stereocenters. The fraction of sp³-hybridized carbons (Fsp3) is 0.0625. The van der Waals surface area contributed by atoms with E-state index in [0.29, 0.717) is 5.75 Å². The smallest absolute Gasteiger partial charge is 0.341 e. The number of benzene rings is 2. The molecule has 3 nitrogen and oxygen atoms in total. The summed E-state index contributed by atoms with van der Waals surface area (Å²) in [6.45, 7) is 3.01. The number of esters is 1. The van der Waals surface area contributed by atoms with Crippen LogP contribution >= 0.6 is 0 Å². The summed E-state index contributed by atoms with van der Waals surface area (Å²) in [5, 5.41) is 8.78. The summed E-state index contributed by atoms with van der Waals surface area (Å²) in [7, 11) is 0. The first-order valence-corrected chi connectivity index (χ1v) is 5.87. The summed E-state index contributed by atoms with van der Waals surface area (Å²) in [4.78, 5) is 11.4. The zero-order chi connectivity index (χ0) is 13.7. The number of carbonyl (C=O) groups excluding carboxylic acids is 1. The molecule has 0 bridgehead atoms. The molecule has 2 aromatic rings. The average Bonchev–Trinajstić information content (AvgIpc) is 2.48. The van der Waals surface area contributed by atoms with Gasteiger partial charge in [0.15, 0.2) is 0 Å². The normalized spacial score (nSPS) is 9.95. The lowest BCUT2D eigenvalue weighted by molar-refractivity contribution is -0.130. The maximum Gasteiger partial charge on any atom is 0.341 e. The van der Waals surface area contributed by atoms with E-state index in [1.165, 1.54) is 0 Å². The molecule has 96 valence electrons. The van der Waals surface area contributed by atoms with Gasteiger partial charge in [-0.25, -0.2) is 4.79 Å². The van der Waals surface area contributed by atoms with Crippen LogP contribution < -0.4 is 4.74 Å². The van der Waals surface area contributed by atoms with Crippen molar-refractivity contribution in [2.75, 3.05) is 6.61 Å². The molecule has 19 heavy (non-hydrogen) atoms. The van der Waals surface area contributed by atoms with Crippen LogP contribution in [0.4, 0.5) is 0 Å². The minimum atomic E-state index is -0.616. The molecule has 2 aromatic carbocycles. The Morgan fingerprint density at radius 2 is 1.58 bits per heavy atom. The van der Waals surface area contributed by atoms with Gasteiger partial charge >= 0.3 is 5.97 Å². The molecule has 0 saturated carbocycles. The van der Waals surface area contributed by atoms with Crippen LogP contribution in [0.5, 0.6) is 5.75 Å². The van der Waals surface area contributed by atoms with E-state index in [-0.39, 0.29) is 5.57 Å². The molecular formula is C16H14O3. The Hall–Kier alpha value is -2.39. The van der Waals surface area contributed by atoms with Crippen molar-refractivity contribution < 1.29 is 14.6 Å². The Morgan fingerprint density at radius 1 is 1.00 bits per heavy atom. The van der Waals surface area contributed by atoms with E-state index in [1.54, 1.807) is 12.1 Å². The zero-order valence-electron chi connectivity index (χ0n) is 10.4. The Balaban J connectivity index is 2.11. The summed E-state index contributed by atoms with van der Waals surface area (Å²) in [6.07, 6.45) is 0. The Kier molecular flexibility index (Phi) is 4.11. The van der Waals surface area contributed by atoms with Gasteiger partial charge in [-0.3, -0.25) is 0 Å². The van der Waals surface area contributed by atoms with Crippen LogP contribution in [-0.2, 0) is 4.79 Å². The summed E-state index contributed by atoms with van der Waals surface area (Å²) < 4.78 is 5.06. The second-order valence-corrected chi connectivity index (χ2v) is 4.04. The summed E-state index contributed by atoms with van der Waals surface area (Å²) >= 11 is 0. The van der Waals surface area contributed by atoms with Crippen LogP contribution in [0.15, 0.2) is 66.7 Å². The molecule has 0 aromatic heterocycles. The lowest BCUT2D eigenvalue weighted by atomic mass is 10.1. The van der Waals surface area contributed by atoms with Gasteiger partial charge in [0.2, 0.25) is 0 Å². The van der Waals surface area contributed by atoms with Crippen LogP contribution in [0.2, 0.25) is 0 Å². The van der Waals surface area contributed by atoms with Gasteiger partial charge in [-0.1, -0.05) is 49.0 Å². The van der Waals surface area contributed by atoms with Crippen molar-refractivity contribution in [2.24, 2.45) is 0 Å². The molecular weight excluding hydrogens is 240 g/mol. The van der Waals surface area contributed by atoms with E-state index >= 15 is 0 Å². The van der Waals surface area contributed by atoms with Crippen LogP contribution in [0.1, 0.15) is 0 Å². The minimum absolute atomic E-state index is 0.0344. The molecule has 0 spiro atoms. The van der Waals surface area contributed by atoms with Crippen molar-refractivity contribution in [1.82, 2.24) is 0 Å². The number of hydrogen-bond donors (Lipinski definition) is 1. The van der Waals surface area contributed by atoms with Crippen molar-refractivity contribution in [2.45, 2.75) is 0 Å². The summed E-state index contributed by atoms with van der Waals surface area (Å²) in [5.41, 5.74) is 2.17. The highest BCUT2D eigenvalue weighted by molar-refractivity contribution is 5.89. The zero-order valence-corrected chi connectivity index (χ0v) is 10.4. The van der Waals surface area contributed by atoms with Gasteiger partial charge in [-0.05, 0) is 23.3 Å². The molecule has 0 unspecified atom stereocenters. The number of carbonyl (C=O) groups is 1. The molecule has 0 heterocycles. The second-order valence-electron chi connectivity index (χ2n) is 4.04. The predicted molar refractivity (Wildman–Crippen MR) is 73.7 cm³/mol. The van der Waals surface area contributed by atoms with E-state index in [2.05, 4.69) is 6.58 Å². The summed E-state index contributed by atoms with van der Waals surface area (Å²) in [6, 6.07) is 17.1. The molecule has 0 saturated heterocycles. The van der Waals surface area contributed by atoms with E-state index in [0.717, 1.165) is 11.1 Å². The highest BCUT2D eigenvalue weighted by Gasteiger charge is 2.08. The molecule has 0 aliphatic carbocycles. The number of hydrogen-bond acceptors (Lipinski definition) is 3. The topological polar surface area (TPSA) is 46.5 Å². The Morgan fingerprint density at radius 3 is 2.16 bits per heavy atom. The van der Waals surface area contributed by atoms with Gasteiger partial charge in [0.1, 0.15) is 5.75 Å². The molecule has 0 aliphatic rings. The maximum atomic E-state index is 11.4. The van der Waals surface area contributed by atoms with Crippen molar-refractivity contribution in [3.05, 3.63) is 66.7 Å². The van der Waals surface area contributed by atoms with Crippen molar-refractivity contribution in [3.8, 4) is 16.9 Å². The lowest BCUT2D eigenvalue weighted by Crippen LogP contribution is -2.12. The summed E-state index contributed by atoms with van der Waals surface area (Å²) in [5.74, 6) is -0.186. The van der Waals surface area contributed by atoms with E-state index in [9.17, 15) is 4.79 Å². The van der Waals surface area contributed by atoms with Gasteiger partial charge in [-0.15, -0.1) is 0 Å². The first kappa shape index (κ1) is 13.1. The van der Waals surface area contributed by atoms with Crippen LogP contribution in [-0.4, -0.2) is 17.7 Å². The highest BCUT2D eigenvalue weighted by atomic mass is 16.5. The maximum absolute atomic E-state index is 11.4. The monoisotopic (exact) mass is 254 g/mol. The minimum Gasteiger partial charge on any atom is -0.423 e. The Bertz CT molecular complexity index is 571. The molecule has 0 radical (unpaired) electrons. The van der Waals surface area contributed by atoms with Gasteiger partial charge < -0.3 is 9.84 Å². The molecule has 0 fully saturated rings. The van der Waals surface area contributed by atoms with Crippen molar-refractivity contribution >= 4 is 5.97 Å². The van der Waals surface area contributed by atoms with Crippen molar-refractivity contribution in [3.63, 3.8) is 0 Å². The molecule has 2 rings (SSSR count). The van der Waals surface area contributed by atoms with Gasteiger partial charge in [-0.2, -0.15) is 0 Å². The number of aliphatic hydroxyl groups excluding tert-OH is 1. The van der Waals surface area contributed by atoms with Crippen LogP contribution in [0.25, 0.3) is 11.1 Å². The average molecular weight is 254 g/mol. The third-order valence-electron chi connectivity index (χ3n) is 2.65. The van der Waals surface area contributed by atoms with Crippen LogP contribution in [0.3, 0.4) is 0 Å². The van der Waals surface area contributed by atoms with Crippen molar-refractivity contribution in [1.29, 1.82) is 0 Å². The standard InChI is InChI=1S/C16H14O3/c1-12(11-17)16(18)19-15-9-7-14(8-10-15)13-5-3-2-4-6-13/h2-10,17H,1,11H2. The van der Waals surface area contributed by atoms with E-state index < -0.39 is 12.6 Å². The first-order chi connectivity index (χ1) is 9.20. The fourth-order valence-electron chi connectivity index (χ4n) is 1.59. The molecule has 0 amide bonds. The number of aliphatic hydroxyl groups is 1. The highest BCUT2D eigenvalue weighted by Crippen LogP contribution is 2.22. The first-order valence-electron chi connectivity index (χ1n) is 5.87. The van der Waals surface area contributed by atoms with Gasteiger partial charge in [0.05, 0.1) is 12.2 Å². The second kappa shape index (κ2) is 5.98. The predicted octanol–water partition coefficient (Wildman–Crippen LogP) is 2.81. The van der Waals surface area contributed by atoms with E-state index in [1.807, 2.05) is 42.5 Å². The van der Waals surface area contributed by atoms with E-state index in [4.69, 9.17) is 9.84 Å². The molecule has 1 N–H and O–H groups in total. The van der Waals surface area contributed by atoms with Gasteiger partial charge in [0, 0.05) is 0 Å². The fourth-order valence-corrected chi connectivity index (χ4v) is 1.59. The lowest BCUT2D eigenvalue weighted by Gasteiger charge is -2.06. The Labute approximate surface area is 111 Å². The number of ether oxygens (including phenoxy) is 1. The molecule has 0 aliphatic heterocycles. The quantitative estimate of drug-likeness (QED) is 0.518. The largest absolute Gasteiger partial charge is 0.423 e. The van der Waals surface area contributed by atoms with Gasteiger partial charge in [0.25, 0.3) is 0 Å². The SMILES string of the molecule is C=C(CO)C(=O)Oc1ccc(-c2ccccc2)cc1. The molecule has 3 heteroatoms. The third kappa shape index (κ3) is 3.30.